The Morgan fingerprint density at radius 1 is 0.741 bits per heavy atom. The Bertz CT molecular complexity index is 433. The number of hydrogen-bond acceptors (Lipinski definition) is 2. The third kappa shape index (κ3) is 16.1. The van der Waals surface area contributed by atoms with Crippen LogP contribution in [0, 0.1) is 5.82 Å². The SMILES string of the molecule is CC(C)OCCCSCCCCCCCCCCCCc1ccc(F)cc1. The van der Waals surface area contributed by atoms with Gasteiger partial charge in [-0.05, 0) is 68.7 Å². The first-order valence-electron chi connectivity index (χ1n) is 11.1. The Morgan fingerprint density at radius 2 is 1.26 bits per heavy atom. The lowest BCUT2D eigenvalue weighted by molar-refractivity contribution is 0.0800. The average Bonchev–Trinajstić information content (AvgIpc) is 2.65. The normalized spacial score (nSPS) is 11.4. The van der Waals surface area contributed by atoms with Crippen LogP contribution < -0.4 is 0 Å². The summed E-state index contributed by atoms with van der Waals surface area (Å²) in [6.07, 6.45) is 16.3. The Hall–Kier alpha value is -0.540. The van der Waals surface area contributed by atoms with Gasteiger partial charge in [0.15, 0.2) is 0 Å². The number of thioether (sulfide) groups is 1. The Balaban J connectivity index is 1.72. The van der Waals surface area contributed by atoms with Crippen molar-refractivity contribution in [1.29, 1.82) is 0 Å². The van der Waals surface area contributed by atoms with Gasteiger partial charge in [0, 0.05) is 6.61 Å². The molecule has 0 aliphatic heterocycles. The van der Waals surface area contributed by atoms with Gasteiger partial charge in [-0.15, -0.1) is 0 Å². The molecule has 0 N–H and O–H groups in total. The Kier molecular flexibility index (Phi) is 15.9. The molecule has 0 aliphatic rings. The van der Waals surface area contributed by atoms with Crippen LogP contribution in [0.3, 0.4) is 0 Å². The first-order chi connectivity index (χ1) is 13.2. The van der Waals surface area contributed by atoms with Crippen molar-refractivity contribution in [2.45, 2.75) is 97.0 Å². The molecule has 0 saturated heterocycles. The number of halogens is 1. The van der Waals surface area contributed by atoms with Gasteiger partial charge in [0.2, 0.25) is 0 Å². The van der Waals surface area contributed by atoms with Crippen LogP contribution in [0.1, 0.15) is 90.0 Å². The van der Waals surface area contributed by atoms with Crippen molar-refractivity contribution in [2.24, 2.45) is 0 Å². The van der Waals surface area contributed by atoms with Crippen LogP contribution >= 0.6 is 11.8 Å². The van der Waals surface area contributed by atoms with E-state index in [-0.39, 0.29) is 5.82 Å². The lowest BCUT2D eigenvalue weighted by atomic mass is 10.0. The summed E-state index contributed by atoms with van der Waals surface area (Å²) in [6.45, 7) is 5.11. The number of ether oxygens (including phenoxy) is 1. The predicted octanol–water partition coefficient (Wildman–Crippen LogP) is 7.82. The first kappa shape index (κ1) is 24.5. The molecular weight excluding hydrogens is 355 g/mol. The predicted molar refractivity (Wildman–Crippen MR) is 119 cm³/mol. The van der Waals surface area contributed by atoms with Gasteiger partial charge in [0.1, 0.15) is 5.82 Å². The van der Waals surface area contributed by atoms with Gasteiger partial charge in [-0.25, -0.2) is 4.39 Å². The van der Waals surface area contributed by atoms with Gasteiger partial charge in [-0.2, -0.15) is 11.8 Å². The molecule has 3 heteroatoms. The zero-order valence-electron chi connectivity index (χ0n) is 17.7. The van der Waals surface area contributed by atoms with Crippen LogP contribution in [0.4, 0.5) is 4.39 Å². The van der Waals surface area contributed by atoms with E-state index >= 15 is 0 Å². The van der Waals surface area contributed by atoms with E-state index < -0.39 is 0 Å². The molecule has 0 heterocycles. The van der Waals surface area contributed by atoms with E-state index in [0.717, 1.165) is 13.0 Å². The second kappa shape index (κ2) is 17.6. The standard InChI is InChI=1S/C24H41FOS/c1-22(2)26-19-13-21-27-20-12-10-8-6-4-3-5-7-9-11-14-23-15-17-24(25)18-16-23/h15-18,22H,3-14,19-21H2,1-2H3. The van der Waals surface area contributed by atoms with Gasteiger partial charge in [-0.1, -0.05) is 63.5 Å². The average molecular weight is 397 g/mol. The van der Waals surface area contributed by atoms with E-state index in [1.54, 1.807) is 12.1 Å². The van der Waals surface area contributed by atoms with Crippen molar-refractivity contribution in [2.75, 3.05) is 18.1 Å². The fourth-order valence-corrected chi connectivity index (χ4v) is 4.11. The van der Waals surface area contributed by atoms with Crippen molar-refractivity contribution >= 4 is 11.8 Å². The largest absolute Gasteiger partial charge is 0.379 e. The molecule has 0 fully saturated rings. The minimum Gasteiger partial charge on any atom is -0.379 e. The second-order valence-corrected chi connectivity index (χ2v) is 9.02. The molecule has 1 aromatic rings. The van der Waals surface area contributed by atoms with Crippen LogP contribution in [0.2, 0.25) is 0 Å². The zero-order valence-corrected chi connectivity index (χ0v) is 18.5. The van der Waals surface area contributed by atoms with Gasteiger partial charge in [-0.3, -0.25) is 0 Å². The van der Waals surface area contributed by atoms with Crippen LogP contribution in [0.5, 0.6) is 0 Å². The van der Waals surface area contributed by atoms with Crippen molar-refractivity contribution in [3.63, 3.8) is 0 Å². The Morgan fingerprint density at radius 3 is 1.85 bits per heavy atom. The molecule has 1 nitrogen and oxygen atoms in total. The second-order valence-electron chi connectivity index (χ2n) is 7.80. The quantitative estimate of drug-likeness (QED) is 0.234. The fraction of sp³-hybridized carbons (Fsp3) is 0.750. The fourth-order valence-electron chi connectivity index (χ4n) is 3.18. The lowest BCUT2D eigenvalue weighted by Crippen LogP contribution is -2.04. The van der Waals surface area contributed by atoms with Crippen LogP contribution in [0.25, 0.3) is 0 Å². The minimum absolute atomic E-state index is 0.135. The molecule has 0 spiro atoms. The summed E-state index contributed by atoms with van der Waals surface area (Å²) in [5, 5.41) is 0. The maximum Gasteiger partial charge on any atom is 0.123 e. The molecule has 1 aromatic carbocycles. The maximum atomic E-state index is 12.8. The molecular formula is C24H41FOS. The van der Waals surface area contributed by atoms with Crippen LogP contribution in [-0.4, -0.2) is 24.2 Å². The summed E-state index contributed by atoms with van der Waals surface area (Å²) in [6, 6.07) is 6.96. The third-order valence-corrected chi connectivity index (χ3v) is 5.96. The van der Waals surface area contributed by atoms with Crippen LogP contribution in [-0.2, 0) is 11.2 Å². The highest BCUT2D eigenvalue weighted by molar-refractivity contribution is 7.99. The summed E-state index contributed by atoms with van der Waals surface area (Å²) in [7, 11) is 0. The number of unbranched alkanes of at least 4 members (excludes halogenated alkanes) is 9. The number of rotatable bonds is 18. The third-order valence-electron chi connectivity index (χ3n) is 4.80. The number of hydrogen-bond donors (Lipinski definition) is 0. The maximum absolute atomic E-state index is 12.8. The molecule has 156 valence electrons. The van der Waals surface area contributed by atoms with Crippen LogP contribution in [0.15, 0.2) is 24.3 Å². The number of benzene rings is 1. The monoisotopic (exact) mass is 396 g/mol. The molecule has 0 aromatic heterocycles. The van der Waals surface area contributed by atoms with E-state index in [0.29, 0.717) is 6.10 Å². The van der Waals surface area contributed by atoms with Crippen molar-refractivity contribution < 1.29 is 9.13 Å². The van der Waals surface area contributed by atoms with E-state index in [1.807, 2.05) is 12.1 Å². The molecule has 0 unspecified atom stereocenters. The lowest BCUT2D eigenvalue weighted by Gasteiger charge is -2.07. The van der Waals surface area contributed by atoms with Gasteiger partial charge in [0.25, 0.3) is 0 Å². The molecule has 0 aliphatic carbocycles. The molecule has 0 atom stereocenters. The van der Waals surface area contributed by atoms with Crippen molar-refractivity contribution in [3.05, 3.63) is 35.6 Å². The minimum atomic E-state index is -0.135. The van der Waals surface area contributed by atoms with Crippen molar-refractivity contribution in [3.8, 4) is 0 Å². The molecule has 27 heavy (non-hydrogen) atoms. The van der Waals surface area contributed by atoms with E-state index in [1.165, 1.54) is 87.7 Å². The summed E-state index contributed by atoms with van der Waals surface area (Å²) in [5.41, 5.74) is 1.26. The molecule has 0 radical (unpaired) electrons. The summed E-state index contributed by atoms with van der Waals surface area (Å²) in [5.74, 6) is 2.42. The highest BCUT2D eigenvalue weighted by Crippen LogP contribution is 2.14. The molecule has 1 rings (SSSR count). The molecule has 0 bridgehead atoms. The zero-order chi connectivity index (χ0) is 19.6. The van der Waals surface area contributed by atoms with Gasteiger partial charge in [0.05, 0.1) is 6.10 Å². The van der Waals surface area contributed by atoms with Gasteiger partial charge < -0.3 is 4.74 Å². The van der Waals surface area contributed by atoms with Crippen molar-refractivity contribution in [1.82, 2.24) is 0 Å². The number of aryl methyl sites for hydroxylation is 1. The van der Waals surface area contributed by atoms with E-state index in [2.05, 4.69) is 25.6 Å². The summed E-state index contributed by atoms with van der Waals surface area (Å²) < 4.78 is 18.4. The molecule has 0 amide bonds. The Labute approximate surface area is 171 Å². The van der Waals surface area contributed by atoms with Gasteiger partial charge >= 0.3 is 0 Å². The topological polar surface area (TPSA) is 9.23 Å². The smallest absolute Gasteiger partial charge is 0.123 e. The first-order valence-corrected chi connectivity index (χ1v) is 12.3. The molecule has 0 saturated carbocycles. The highest BCUT2D eigenvalue weighted by atomic mass is 32.2. The summed E-state index contributed by atoms with van der Waals surface area (Å²) in [4.78, 5) is 0. The summed E-state index contributed by atoms with van der Waals surface area (Å²) >= 11 is 2.08. The van der Waals surface area contributed by atoms with E-state index in [4.69, 9.17) is 4.74 Å². The van der Waals surface area contributed by atoms with E-state index in [9.17, 15) is 4.39 Å². The highest BCUT2D eigenvalue weighted by Gasteiger charge is 1.97.